The van der Waals surface area contributed by atoms with E-state index in [9.17, 15) is 8.42 Å². The lowest BCUT2D eigenvalue weighted by atomic mass is 10.4. The van der Waals surface area contributed by atoms with Crippen molar-refractivity contribution in [3.05, 3.63) is 46.7 Å². The number of benzene rings is 1. The Morgan fingerprint density at radius 3 is 2.42 bits per heavy atom. The minimum atomic E-state index is -3.47. The van der Waals surface area contributed by atoms with Crippen molar-refractivity contribution in [2.24, 2.45) is 0 Å². The minimum Gasteiger partial charge on any atom is -0.300 e. The van der Waals surface area contributed by atoms with E-state index in [1.807, 2.05) is 11.6 Å². The van der Waals surface area contributed by atoms with E-state index in [-0.39, 0.29) is 0 Å². The third-order valence-corrected chi connectivity index (χ3v) is 6.90. The second kappa shape index (κ2) is 8.08. The maximum absolute atomic E-state index is 12.8. The summed E-state index contributed by atoms with van der Waals surface area (Å²) in [5.74, 6) is 0. The van der Waals surface area contributed by atoms with E-state index < -0.39 is 10.0 Å². The molecule has 2 heterocycles. The van der Waals surface area contributed by atoms with E-state index in [1.54, 1.807) is 28.6 Å². The summed E-state index contributed by atoms with van der Waals surface area (Å²) >= 11 is 5.87. The lowest BCUT2D eigenvalue weighted by molar-refractivity contribution is 0.269. The predicted molar refractivity (Wildman–Crippen MR) is 103 cm³/mol. The summed E-state index contributed by atoms with van der Waals surface area (Å²) in [6.07, 6.45) is 0.823. The standard InChI is InChI=1S/C18H25ClN4O2S/c1-15-14-16(2)23(20-15)13-11-21-8-3-9-22(12-10-21)26(24,25)18-6-4-17(19)5-7-18/h4-7,14H,3,8-13H2,1-2H3. The summed E-state index contributed by atoms with van der Waals surface area (Å²) < 4.78 is 29.3. The van der Waals surface area contributed by atoms with Gasteiger partial charge in [0.25, 0.3) is 0 Å². The van der Waals surface area contributed by atoms with Gasteiger partial charge in [-0.2, -0.15) is 9.40 Å². The number of aromatic nitrogens is 2. The molecule has 1 aliphatic heterocycles. The molecule has 0 amide bonds. The van der Waals surface area contributed by atoms with E-state index in [1.165, 1.54) is 0 Å². The van der Waals surface area contributed by atoms with Crippen molar-refractivity contribution >= 4 is 21.6 Å². The summed E-state index contributed by atoms with van der Waals surface area (Å²) in [4.78, 5) is 2.62. The second-order valence-corrected chi connectivity index (χ2v) is 9.08. The van der Waals surface area contributed by atoms with Gasteiger partial charge in [0, 0.05) is 36.9 Å². The molecule has 1 aromatic heterocycles. The van der Waals surface area contributed by atoms with E-state index in [0.29, 0.717) is 23.0 Å². The van der Waals surface area contributed by atoms with Crippen LogP contribution in [-0.4, -0.2) is 60.1 Å². The third-order valence-electron chi connectivity index (χ3n) is 4.73. The van der Waals surface area contributed by atoms with Gasteiger partial charge in [-0.25, -0.2) is 8.42 Å². The van der Waals surface area contributed by atoms with Gasteiger partial charge in [-0.1, -0.05) is 11.6 Å². The Kier molecular flexibility index (Phi) is 6.02. The quantitative estimate of drug-likeness (QED) is 0.779. The van der Waals surface area contributed by atoms with Gasteiger partial charge in [0.15, 0.2) is 0 Å². The molecule has 1 fully saturated rings. The smallest absolute Gasteiger partial charge is 0.243 e. The number of rotatable bonds is 5. The number of hydrogen-bond acceptors (Lipinski definition) is 4. The van der Waals surface area contributed by atoms with Crippen molar-refractivity contribution in [2.45, 2.75) is 31.7 Å². The average molecular weight is 397 g/mol. The number of halogens is 1. The molecule has 0 unspecified atom stereocenters. The van der Waals surface area contributed by atoms with E-state index in [0.717, 1.165) is 44.0 Å². The highest BCUT2D eigenvalue weighted by atomic mass is 35.5. The van der Waals surface area contributed by atoms with E-state index in [4.69, 9.17) is 11.6 Å². The van der Waals surface area contributed by atoms with Crippen LogP contribution in [0.1, 0.15) is 17.8 Å². The molecule has 1 saturated heterocycles. The van der Waals surface area contributed by atoms with Crippen molar-refractivity contribution < 1.29 is 8.42 Å². The van der Waals surface area contributed by atoms with Crippen LogP contribution in [0.5, 0.6) is 0 Å². The molecule has 2 aromatic rings. The highest BCUT2D eigenvalue weighted by molar-refractivity contribution is 7.89. The van der Waals surface area contributed by atoms with Crippen LogP contribution in [-0.2, 0) is 16.6 Å². The molecular weight excluding hydrogens is 372 g/mol. The highest BCUT2D eigenvalue weighted by Gasteiger charge is 2.26. The molecular formula is C18H25ClN4O2S. The van der Waals surface area contributed by atoms with Crippen LogP contribution in [0, 0.1) is 13.8 Å². The van der Waals surface area contributed by atoms with Gasteiger partial charge in [0.1, 0.15) is 0 Å². The Hall–Kier alpha value is -1.41. The van der Waals surface area contributed by atoms with Crippen molar-refractivity contribution in [2.75, 3.05) is 32.7 Å². The van der Waals surface area contributed by atoms with Crippen LogP contribution in [0.25, 0.3) is 0 Å². The Morgan fingerprint density at radius 2 is 1.77 bits per heavy atom. The minimum absolute atomic E-state index is 0.304. The normalized spacial score (nSPS) is 17.3. The zero-order chi connectivity index (χ0) is 18.7. The Morgan fingerprint density at radius 1 is 1.04 bits per heavy atom. The second-order valence-electron chi connectivity index (χ2n) is 6.70. The maximum Gasteiger partial charge on any atom is 0.243 e. The van der Waals surface area contributed by atoms with Crippen LogP contribution in [0.2, 0.25) is 5.02 Å². The van der Waals surface area contributed by atoms with Gasteiger partial charge in [0.2, 0.25) is 10.0 Å². The van der Waals surface area contributed by atoms with E-state index in [2.05, 4.69) is 23.0 Å². The summed E-state index contributed by atoms with van der Waals surface area (Å²) in [6, 6.07) is 8.45. The molecule has 0 N–H and O–H groups in total. The highest BCUT2D eigenvalue weighted by Crippen LogP contribution is 2.20. The largest absolute Gasteiger partial charge is 0.300 e. The first-order valence-electron chi connectivity index (χ1n) is 8.85. The molecule has 1 aromatic carbocycles. The number of sulfonamides is 1. The molecule has 6 nitrogen and oxygen atoms in total. The summed E-state index contributed by atoms with van der Waals surface area (Å²) in [6.45, 7) is 8.42. The predicted octanol–water partition coefficient (Wildman–Crippen LogP) is 2.55. The van der Waals surface area contributed by atoms with Crippen molar-refractivity contribution in [1.82, 2.24) is 19.0 Å². The van der Waals surface area contributed by atoms with Crippen LogP contribution in [0.3, 0.4) is 0 Å². The van der Waals surface area contributed by atoms with E-state index >= 15 is 0 Å². The molecule has 0 radical (unpaired) electrons. The van der Waals surface area contributed by atoms with Gasteiger partial charge in [-0.3, -0.25) is 4.68 Å². The molecule has 0 atom stereocenters. The fourth-order valence-electron chi connectivity index (χ4n) is 3.30. The molecule has 0 spiro atoms. The molecule has 8 heteroatoms. The molecule has 0 bridgehead atoms. The van der Waals surface area contributed by atoms with Crippen LogP contribution in [0.4, 0.5) is 0 Å². The Balaban J connectivity index is 1.61. The first-order chi connectivity index (χ1) is 12.4. The third kappa shape index (κ3) is 4.46. The molecule has 3 rings (SSSR count). The molecule has 26 heavy (non-hydrogen) atoms. The number of hydrogen-bond donors (Lipinski definition) is 0. The zero-order valence-corrected chi connectivity index (χ0v) is 16.8. The Bertz CT molecular complexity index is 849. The van der Waals surface area contributed by atoms with Crippen LogP contribution < -0.4 is 0 Å². The molecule has 0 saturated carbocycles. The fourth-order valence-corrected chi connectivity index (χ4v) is 4.90. The fraction of sp³-hybridized carbons (Fsp3) is 0.500. The molecule has 0 aliphatic carbocycles. The van der Waals surface area contributed by atoms with Gasteiger partial charge < -0.3 is 4.90 Å². The van der Waals surface area contributed by atoms with Gasteiger partial charge in [0.05, 0.1) is 17.1 Å². The van der Waals surface area contributed by atoms with Crippen molar-refractivity contribution in [3.63, 3.8) is 0 Å². The van der Waals surface area contributed by atoms with Crippen molar-refractivity contribution in [3.8, 4) is 0 Å². The molecule has 142 valence electrons. The topological polar surface area (TPSA) is 58.4 Å². The van der Waals surface area contributed by atoms with Crippen molar-refractivity contribution in [1.29, 1.82) is 0 Å². The first kappa shape index (κ1) is 19.4. The maximum atomic E-state index is 12.8. The summed E-state index contributed by atoms with van der Waals surface area (Å²) in [5.41, 5.74) is 2.18. The van der Waals surface area contributed by atoms with Gasteiger partial charge in [-0.15, -0.1) is 0 Å². The monoisotopic (exact) mass is 396 g/mol. The first-order valence-corrected chi connectivity index (χ1v) is 10.7. The Labute approximate surface area is 160 Å². The summed E-state index contributed by atoms with van der Waals surface area (Å²) in [7, 11) is -3.47. The summed E-state index contributed by atoms with van der Waals surface area (Å²) in [5, 5.41) is 5.03. The zero-order valence-electron chi connectivity index (χ0n) is 15.2. The molecule has 1 aliphatic rings. The van der Waals surface area contributed by atoms with Crippen LogP contribution in [0.15, 0.2) is 35.2 Å². The lowest BCUT2D eigenvalue weighted by Crippen LogP contribution is -2.36. The number of aryl methyl sites for hydroxylation is 2. The average Bonchev–Trinajstić information content (AvgIpc) is 2.79. The SMILES string of the molecule is Cc1cc(C)n(CCN2CCCN(S(=O)(=O)c3ccc(Cl)cc3)CC2)n1. The van der Waals surface area contributed by atoms with Gasteiger partial charge in [-0.05, 0) is 57.1 Å². The van der Waals surface area contributed by atoms with Gasteiger partial charge >= 0.3 is 0 Å². The van der Waals surface area contributed by atoms with Crippen LogP contribution >= 0.6 is 11.6 Å². The number of nitrogens with zero attached hydrogens (tertiary/aromatic N) is 4. The lowest BCUT2D eigenvalue weighted by Gasteiger charge is -2.22.